The number of nitrogens with zero attached hydrogens (tertiary/aromatic N) is 3. The molecular weight excluding hydrogens is 238 g/mol. The number of rotatable bonds is 4. The molecule has 0 aliphatic carbocycles. The number of piperidine rings is 1. The van der Waals surface area contributed by atoms with E-state index in [1.165, 1.54) is 18.4 Å². The molecule has 1 aromatic rings. The van der Waals surface area contributed by atoms with E-state index in [2.05, 4.69) is 35.6 Å². The summed E-state index contributed by atoms with van der Waals surface area (Å²) in [5, 5.41) is 0. The van der Waals surface area contributed by atoms with Crippen LogP contribution in [0, 0.1) is 13.8 Å². The first-order valence-corrected chi connectivity index (χ1v) is 7.27. The monoisotopic (exact) mass is 263 g/mol. The molecule has 0 N–H and O–H groups in total. The summed E-state index contributed by atoms with van der Waals surface area (Å²) in [5.41, 5.74) is 2.33. The van der Waals surface area contributed by atoms with Gasteiger partial charge in [0.1, 0.15) is 5.82 Å². The van der Waals surface area contributed by atoms with Crippen molar-refractivity contribution < 1.29 is 4.74 Å². The molecular formula is C15H25N3O. The number of hydrogen-bond donors (Lipinski definition) is 0. The first-order chi connectivity index (χ1) is 9.11. The maximum atomic E-state index is 5.78. The van der Waals surface area contributed by atoms with Gasteiger partial charge in [0, 0.05) is 36.6 Å². The Hall–Kier alpha value is -1.00. The summed E-state index contributed by atoms with van der Waals surface area (Å²) in [4.78, 5) is 11.3. The normalized spacial score (nSPS) is 22.4. The summed E-state index contributed by atoms with van der Waals surface area (Å²) in [6.07, 6.45) is 4.75. The second kappa shape index (κ2) is 6.44. The summed E-state index contributed by atoms with van der Waals surface area (Å²) in [7, 11) is 0. The van der Waals surface area contributed by atoms with Crippen molar-refractivity contribution in [2.45, 2.75) is 52.7 Å². The van der Waals surface area contributed by atoms with Crippen LogP contribution >= 0.6 is 0 Å². The molecule has 0 aromatic carbocycles. The van der Waals surface area contributed by atoms with Gasteiger partial charge in [-0.2, -0.15) is 0 Å². The Bertz CT molecular complexity index is 420. The zero-order valence-electron chi connectivity index (χ0n) is 12.5. The largest absolute Gasteiger partial charge is 0.377 e. The highest BCUT2D eigenvalue weighted by molar-refractivity contribution is 5.20. The molecule has 0 unspecified atom stereocenters. The Morgan fingerprint density at radius 1 is 1.47 bits per heavy atom. The molecule has 0 amide bonds. The molecule has 0 bridgehead atoms. The maximum Gasteiger partial charge on any atom is 0.125 e. The van der Waals surface area contributed by atoms with Crippen LogP contribution in [0.15, 0.2) is 6.20 Å². The predicted molar refractivity (Wildman–Crippen MR) is 76.1 cm³/mol. The zero-order chi connectivity index (χ0) is 13.8. The van der Waals surface area contributed by atoms with Gasteiger partial charge in [-0.1, -0.05) is 0 Å². The molecule has 1 aliphatic rings. The Morgan fingerprint density at radius 2 is 2.26 bits per heavy atom. The summed E-state index contributed by atoms with van der Waals surface area (Å²) < 4.78 is 5.78. The van der Waals surface area contributed by atoms with Gasteiger partial charge in [-0.05, 0) is 47.1 Å². The van der Waals surface area contributed by atoms with Gasteiger partial charge in [0.25, 0.3) is 0 Å². The molecule has 106 valence electrons. The molecule has 19 heavy (non-hydrogen) atoms. The standard InChI is InChI=1S/C15H25N3O/c1-5-19-14-7-6-8-18(10-14)12(3)15-9-16-13(4)17-11(15)2/h9,12,14H,5-8,10H2,1-4H3/t12-,14+/m1/s1. The fourth-order valence-corrected chi connectivity index (χ4v) is 2.89. The summed E-state index contributed by atoms with van der Waals surface area (Å²) >= 11 is 0. The van der Waals surface area contributed by atoms with Crippen LogP contribution in [0.3, 0.4) is 0 Å². The third-order valence-electron chi connectivity index (χ3n) is 3.95. The molecule has 0 radical (unpaired) electrons. The van der Waals surface area contributed by atoms with Crippen LogP contribution < -0.4 is 0 Å². The van der Waals surface area contributed by atoms with Gasteiger partial charge < -0.3 is 4.74 Å². The third-order valence-corrected chi connectivity index (χ3v) is 3.95. The fourth-order valence-electron chi connectivity index (χ4n) is 2.89. The van der Waals surface area contributed by atoms with E-state index in [0.29, 0.717) is 12.1 Å². The van der Waals surface area contributed by atoms with E-state index in [1.54, 1.807) is 0 Å². The highest BCUT2D eigenvalue weighted by Crippen LogP contribution is 2.26. The van der Waals surface area contributed by atoms with E-state index in [-0.39, 0.29) is 0 Å². The Kier molecular flexibility index (Phi) is 4.88. The lowest BCUT2D eigenvalue weighted by Gasteiger charge is -2.36. The van der Waals surface area contributed by atoms with Gasteiger partial charge >= 0.3 is 0 Å². The molecule has 1 saturated heterocycles. The average Bonchev–Trinajstić information content (AvgIpc) is 2.39. The smallest absolute Gasteiger partial charge is 0.125 e. The van der Waals surface area contributed by atoms with Crippen molar-refractivity contribution in [3.63, 3.8) is 0 Å². The van der Waals surface area contributed by atoms with Crippen molar-refractivity contribution in [1.29, 1.82) is 0 Å². The molecule has 1 aliphatic heterocycles. The lowest BCUT2D eigenvalue weighted by molar-refractivity contribution is -0.00554. The average molecular weight is 263 g/mol. The maximum absolute atomic E-state index is 5.78. The summed E-state index contributed by atoms with van der Waals surface area (Å²) in [6.45, 7) is 11.3. The van der Waals surface area contributed by atoms with Gasteiger partial charge in [0.05, 0.1) is 6.10 Å². The molecule has 2 atom stereocenters. The number of likely N-dealkylation sites (tertiary alicyclic amines) is 1. The molecule has 1 aromatic heterocycles. The topological polar surface area (TPSA) is 38.2 Å². The van der Waals surface area contributed by atoms with E-state index in [4.69, 9.17) is 4.74 Å². The predicted octanol–water partition coefficient (Wildman–Crippen LogP) is 2.66. The molecule has 0 spiro atoms. The SMILES string of the molecule is CCO[C@H]1CCCN([C@H](C)c2cnc(C)nc2C)C1. The fraction of sp³-hybridized carbons (Fsp3) is 0.733. The van der Waals surface area contributed by atoms with Crippen LogP contribution in [0.25, 0.3) is 0 Å². The van der Waals surface area contributed by atoms with E-state index in [9.17, 15) is 0 Å². The summed E-state index contributed by atoms with van der Waals surface area (Å²) in [6, 6.07) is 0.365. The minimum Gasteiger partial charge on any atom is -0.377 e. The Balaban J connectivity index is 2.07. The highest BCUT2D eigenvalue weighted by Gasteiger charge is 2.25. The van der Waals surface area contributed by atoms with Crippen molar-refractivity contribution in [3.8, 4) is 0 Å². The van der Waals surface area contributed by atoms with Gasteiger partial charge in [0.15, 0.2) is 0 Å². The van der Waals surface area contributed by atoms with E-state index in [0.717, 1.165) is 31.2 Å². The molecule has 4 nitrogen and oxygen atoms in total. The quantitative estimate of drug-likeness (QED) is 0.837. The minimum absolute atomic E-state index is 0.365. The second-order valence-corrected chi connectivity index (χ2v) is 5.35. The zero-order valence-corrected chi connectivity index (χ0v) is 12.5. The van der Waals surface area contributed by atoms with Gasteiger partial charge in [0.2, 0.25) is 0 Å². The van der Waals surface area contributed by atoms with Crippen LogP contribution in [-0.2, 0) is 4.74 Å². The van der Waals surface area contributed by atoms with Crippen molar-refractivity contribution >= 4 is 0 Å². The minimum atomic E-state index is 0.365. The van der Waals surface area contributed by atoms with Gasteiger partial charge in [-0.25, -0.2) is 9.97 Å². The van der Waals surface area contributed by atoms with E-state index >= 15 is 0 Å². The molecule has 0 saturated carbocycles. The number of aryl methyl sites for hydroxylation is 2. The Labute approximate surface area is 116 Å². The van der Waals surface area contributed by atoms with Crippen LogP contribution in [0.5, 0.6) is 0 Å². The van der Waals surface area contributed by atoms with E-state index in [1.807, 2.05) is 13.1 Å². The van der Waals surface area contributed by atoms with Crippen molar-refractivity contribution in [2.24, 2.45) is 0 Å². The number of ether oxygens (including phenoxy) is 1. The van der Waals surface area contributed by atoms with Gasteiger partial charge in [-0.15, -0.1) is 0 Å². The molecule has 2 heterocycles. The van der Waals surface area contributed by atoms with Crippen LogP contribution in [0.2, 0.25) is 0 Å². The first-order valence-electron chi connectivity index (χ1n) is 7.27. The van der Waals surface area contributed by atoms with Gasteiger partial charge in [-0.3, -0.25) is 4.90 Å². The second-order valence-electron chi connectivity index (χ2n) is 5.35. The lowest BCUT2D eigenvalue weighted by atomic mass is 10.0. The molecule has 2 rings (SSSR count). The van der Waals surface area contributed by atoms with E-state index < -0.39 is 0 Å². The van der Waals surface area contributed by atoms with Crippen LogP contribution in [0.4, 0.5) is 0 Å². The molecule has 4 heteroatoms. The Morgan fingerprint density at radius 3 is 2.95 bits per heavy atom. The van der Waals surface area contributed by atoms with Crippen LogP contribution in [0.1, 0.15) is 49.8 Å². The first kappa shape index (κ1) is 14.4. The van der Waals surface area contributed by atoms with Crippen LogP contribution in [-0.4, -0.2) is 40.7 Å². The summed E-state index contributed by atoms with van der Waals surface area (Å²) in [5.74, 6) is 0.847. The number of hydrogen-bond acceptors (Lipinski definition) is 4. The lowest BCUT2D eigenvalue weighted by Crippen LogP contribution is -2.41. The number of aromatic nitrogens is 2. The van der Waals surface area contributed by atoms with Crippen molar-refractivity contribution in [2.75, 3.05) is 19.7 Å². The highest BCUT2D eigenvalue weighted by atomic mass is 16.5. The van der Waals surface area contributed by atoms with Crippen molar-refractivity contribution in [3.05, 3.63) is 23.3 Å². The third kappa shape index (κ3) is 3.51. The van der Waals surface area contributed by atoms with Crippen molar-refractivity contribution in [1.82, 2.24) is 14.9 Å². The molecule has 1 fully saturated rings.